The van der Waals surface area contributed by atoms with Gasteiger partial charge in [0.05, 0.1) is 5.69 Å². The number of carbonyl (C=O) groups is 1. The number of anilines is 1. The molecule has 4 nitrogen and oxygen atoms in total. The highest BCUT2D eigenvalue weighted by atomic mass is 16.5. The largest absolute Gasteiger partial charge is 0.483 e. The van der Waals surface area contributed by atoms with E-state index < -0.39 is 5.60 Å². The minimum Gasteiger partial charge on any atom is -0.483 e. The number of fused-ring (bicyclic) bond motifs is 1. The Morgan fingerprint density at radius 2 is 2.00 bits per heavy atom. The van der Waals surface area contributed by atoms with Gasteiger partial charge in [0.2, 0.25) is 5.91 Å². The number of hydrogen-bond donors (Lipinski definition) is 1. The number of likely N-dealkylation sites (N-methyl/N-ethyl adjacent to an activating group) is 1. The fourth-order valence-corrected chi connectivity index (χ4v) is 2.82. The second-order valence-electron chi connectivity index (χ2n) is 5.83. The van der Waals surface area contributed by atoms with E-state index in [4.69, 9.17) is 4.74 Å². The second-order valence-corrected chi connectivity index (χ2v) is 5.83. The number of rotatable bonds is 2. The summed E-state index contributed by atoms with van der Waals surface area (Å²) in [6.07, 6.45) is 2.16. The van der Waals surface area contributed by atoms with Crippen molar-refractivity contribution in [1.29, 1.82) is 0 Å². The molecule has 1 aromatic rings. The van der Waals surface area contributed by atoms with Gasteiger partial charge in [0.1, 0.15) is 17.4 Å². The number of nitrogens with zero attached hydrogens (tertiary/aromatic N) is 1. The van der Waals surface area contributed by atoms with Gasteiger partial charge in [-0.05, 0) is 45.9 Å². The Balaban J connectivity index is 2.12. The molecule has 1 amide bonds. The van der Waals surface area contributed by atoms with Crippen molar-refractivity contribution in [2.45, 2.75) is 44.4 Å². The highest BCUT2D eigenvalue weighted by Gasteiger charge is 2.46. The molecule has 1 unspecified atom stereocenters. The maximum Gasteiger partial charge on any atom is 0.248 e. The average molecular weight is 260 g/mol. The van der Waals surface area contributed by atoms with Crippen LogP contribution in [-0.2, 0) is 4.79 Å². The minimum absolute atomic E-state index is 0.111. The average Bonchev–Trinajstić information content (AvgIpc) is 3.15. The van der Waals surface area contributed by atoms with Crippen LogP contribution < -0.4 is 15.0 Å². The molecule has 1 heterocycles. The number of nitrogens with one attached hydrogen (secondary N) is 1. The van der Waals surface area contributed by atoms with E-state index in [-0.39, 0.29) is 11.9 Å². The van der Waals surface area contributed by atoms with Crippen molar-refractivity contribution in [3.05, 3.63) is 24.3 Å². The number of carbonyl (C=O) groups excluding carboxylic acids is 1. The first kappa shape index (κ1) is 12.5. The molecule has 1 atom stereocenters. The van der Waals surface area contributed by atoms with Gasteiger partial charge >= 0.3 is 0 Å². The van der Waals surface area contributed by atoms with E-state index in [2.05, 4.69) is 5.32 Å². The van der Waals surface area contributed by atoms with Crippen LogP contribution in [0.4, 0.5) is 5.69 Å². The van der Waals surface area contributed by atoms with E-state index in [1.54, 1.807) is 0 Å². The lowest BCUT2D eigenvalue weighted by molar-refractivity contribution is -0.124. The molecular formula is C15H20N2O2. The molecule has 1 aliphatic heterocycles. The Morgan fingerprint density at radius 3 is 2.63 bits per heavy atom. The molecule has 19 heavy (non-hydrogen) atoms. The van der Waals surface area contributed by atoms with E-state index in [1.165, 1.54) is 0 Å². The lowest BCUT2D eigenvalue weighted by atomic mass is 9.97. The van der Waals surface area contributed by atoms with Crippen molar-refractivity contribution >= 4 is 11.6 Å². The van der Waals surface area contributed by atoms with Gasteiger partial charge in [0, 0.05) is 6.04 Å². The van der Waals surface area contributed by atoms with Crippen molar-refractivity contribution < 1.29 is 9.53 Å². The highest BCUT2D eigenvalue weighted by Crippen LogP contribution is 2.41. The molecule has 0 saturated heterocycles. The first-order chi connectivity index (χ1) is 9.04. The Hall–Kier alpha value is -1.55. The quantitative estimate of drug-likeness (QED) is 0.883. The van der Waals surface area contributed by atoms with Crippen LogP contribution in [-0.4, -0.2) is 30.6 Å². The molecule has 0 spiro atoms. The van der Waals surface area contributed by atoms with Crippen LogP contribution >= 0.6 is 0 Å². The van der Waals surface area contributed by atoms with E-state index in [9.17, 15) is 4.79 Å². The Kier molecular flexibility index (Phi) is 2.78. The normalized spacial score (nSPS) is 25.5. The standard InChI is InChI=1S/C15H20N2O2/c1-15(2)13(16-3)14(18)17(10-8-9-10)11-6-4-5-7-12(11)19-15/h4-7,10,13,16H,8-9H2,1-3H3. The second kappa shape index (κ2) is 4.23. The Morgan fingerprint density at radius 1 is 1.32 bits per heavy atom. The summed E-state index contributed by atoms with van der Waals surface area (Å²) in [7, 11) is 1.81. The van der Waals surface area contributed by atoms with E-state index in [1.807, 2.05) is 50.1 Å². The molecule has 3 rings (SSSR count). The SMILES string of the molecule is CNC1C(=O)N(C2CC2)c2ccccc2OC1(C)C. The summed E-state index contributed by atoms with van der Waals surface area (Å²) >= 11 is 0. The third kappa shape index (κ3) is 2.00. The summed E-state index contributed by atoms with van der Waals surface area (Å²) < 4.78 is 6.10. The van der Waals surface area contributed by atoms with Crippen molar-refractivity contribution in [1.82, 2.24) is 5.32 Å². The molecule has 1 fully saturated rings. The fraction of sp³-hybridized carbons (Fsp3) is 0.533. The van der Waals surface area contributed by atoms with Gasteiger partial charge in [-0.3, -0.25) is 4.79 Å². The predicted molar refractivity (Wildman–Crippen MR) is 74.5 cm³/mol. The van der Waals surface area contributed by atoms with E-state index in [0.717, 1.165) is 24.3 Å². The molecule has 4 heteroatoms. The first-order valence-corrected chi connectivity index (χ1v) is 6.83. The van der Waals surface area contributed by atoms with E-state index >= 15 is 0 Å². The monoisotopic (exact) mass is 260 g/mol. The minimum atomic E-state index is -0.564. The van der Waals surface area contributed by atoms with Crippen LogP contribution in [0, 0.1) is 0 Å². The Bertz CT molecular complexity index is 509. The molecule has 0 radical (unpaired) electrons. The number of ether oxygens (including phenoxy) is 1. The zero-order valence-corrected chi connectivity index (χ0v) is 11.6. The molecule has 1 aliphatic carbocycles. The van der Waals surface area contributed by atoms with Crippen LogP contribution in [0.1, 0.15) is 26.7 Å². The van der Waals surface area contributed by atoms with Gasteiger partial charge in [0.25, 0.3) is 0 Å². The fourth-order valence-electron chi connectivity index (χ4n) is 2.82. The number of para-hydroxylation sites is 2. The van der Waals surface area contributed by atoms with Crippen LogP contribution in [0.5, 0.6) is 5.75 Å². The zero-order chi connectivity index (χ0) is 13.6. The van der Waals surface area contributed by atoms with Crippen LogP contribution in [0.15, 0.2) is 24.3 Å². The van der Waals surface area contributed by atoms with Gasteiger partial charge in [-0.1, -0.05) is 12.1 Å². The number of hydrogen-bond acceptors (Lipinski definition) is 3. The summed E-state index contributed by atoms with van der Waals surface area (Å²) in [4.78, 5) is 14.7. The number of amides is 1. The molecule has 1 N–H and O–H groups in total. The van der Waals surface area contributed by atoms with Gasteiger partial charge in [-0.2, -0.15) is 0 Å². The smallest absolute Gasteiger partial charge is 0.248 e. The Labute approximate surface area is 113 Å². The maximum absolute atomic E-state index is 12.8. The molecule has 0 bridgehead atoms. The highest BCUT2D eigenvalue weighted by molar-refractivity contribution is 6.01. The molecule has 1 aromatic carbocycles. The molecule has 0 aromatic heterocycles. The number of benzene rings is 1. The molecular weight excluding hydrogens is 240 g/mol. The van der Waals surface area contributed by atoms with Crippen LogP contribution in [0.25, 0.3) is 0 Å². The van der Waals surface area contributed by atoms with Crippen LogP contribution in [0.2, 0.25) is 0 Å². The summed E-state index contributed by atoms with van der Waals surface area (Å²) in [6.45, 7) is 3.92. The third-order valence-electron chi connectivity index (χ3n) is 3.88. The topological polar surface area (TPSA) is 41.6 Å². The van der Waals surface area contributed by atoms with Gasteiger partial charge < -0.3 is 15.0 Å². The lowest BCUT2D eigenvalue weighted by Crippen LogP contribution is -2.57. The van der Waals surface area contributed by atoms with Crippen molar-refractivity contribution in [2.24, 2.45) is 0 Å². The van der Waals surface area contributed by atoms with E-state index in [0.29, 0.717) is 6.04 Å². The van der Waals surface area contributed by atoms with Crippen LogP contribution in [0.3, 0.4) is 0 Å². The van der Waals surface area contributed by atoms with Crippen molar-refractivity contribution in [3.8, 4) is 5.75 Å². The summed E-state index contributed by atoms with van der Waals surface area (Å²) in [5.74, 6) is 0.908. The summed E-state index contributed by atoms with van der Waals surface area (Å²) in [5.41, 5.74) is 0.340. The van der Waals surface area contributed by atoms with Crippen molar-refractivity contribution in [2.75, 3.05) is 11.9 Å². The third-order valence-corrected chi connectivity index (χ3v) is 3.88. The summed E-state index contributed by atoms with van der Waals surface area (Å²) in [5, 5.41) is 3.12. The molecule has 1 saturated carbocycles. The molecule has 2 aliphatic rings. The van der Waals surface area contributed by atoms with Gasteiger partial charge in [0.15, 0.2) is 0 Å². The zero-order valence-electron chi connectivity index (χ0n) is 11.6. The van der Waals surface area contributed by atoms with Gasteiger partial charge in [-0.15, -0.1) is 0 Å². The lowest BCUT2D eigenvalue weighted by Gasteiger charge is -2.32. The predicted octanol–water partition coefficient (Wildman–Crippen LogP) is 1.94. The first-order valence-electron chi connectivity index (χ1n) is 6.83. The van der Waals surface area contributed by atoms with Gasteiger partial charge in [-0.25, -0.2) is 0 Å². The maximum atomic E-state index is 12.8. The molecule has 102 valence electrons. The van der Waals surface area contributed by atoms with Crippen molar-refractivity contribution in [3.63, 3.8) is 0 Å². The summed E-state index contributed by atoms with van der Waals surface area (Å²) in [6, 6.07) is 7.82.